The largest absolute Gasteiger partial charge is 0.460 e. The summed E-state index contributed by atoms with van der Waals surface area (Å²) in [6, 6.07) is 11.7. The van der Waals surface area contributed by atoms with Crippen LogP contribution in [0.5, 0.6) is 0 Å². The van der Waals surface area contributed by atoms with Crippen LogP contribution in [-0.4, -0.2) is 0 Å². The van der Waals surface area contributed by atoms with Gasteiger partial charge in [-0.3, -0.25) is 4.79 Å². The number of hydrogen-bond acceptors (Lipinski definition) is 2. The molecular weight excluding hydrogens is 352 g/mol. The van der Waals surface area contributed by atoms with Crippen molar-refractivity contribution in [1.82, 2.24) is 0 Å². The Bertz CT molecular complexity index is 934. The van der Waals surface area contributed by atoms with Gasteiger partial charge in [0.1, 0.15) is 11.3 Å². The number of aryl methyl sites for hydroxylation is 2. The number of halogens is 1. The molecule has 3 rings (SSSR count). The molecule has 0 aliphatic carbocycles. The van der Waals surface area contributed by atoms with Gasteiger partial charge in [-0.1, -0.05) is 41.9 Å². The van der Waals surface area contributed by atoms with Gasteiger partial charge in [0.25, 0.3) is 0 Å². The lowest BCUT2D eigenvalue weighted by Gasteiger charge is -2.13. The fraction of sp³-hybridized carbons (Fsp3) is 0.250. The highest BCUT2D eigenvalue weighted by atomic mass is 79.9. The first-order valence-electron chi connectivity index (χ1n) is 7.72. The maximum absolute atomic E-state index is 13.0. The molecule has 0 atom stereocenters. The summed E-state index contributed by atoms with van der Waals surface area (Å²) in [7, 11) is 0. The van der Waals surface area contributed by atoms with E-state index in [1.54, 1.807) is 0 Å². The van der Waals surface area contributed by atoms with Gasteiger partial charge in [0.15, 0.2) is 0 Å². The minimum Gasteiger partial charge on any atom is -0.460 e. The molecule has 0 saturated carbocycles. The zero-order chi connectivity index (χ0) is 16.7. The molecule has 0 amide bonds. The van der Waals surface area contributed by atoms with Gasteiger partial charge in [0.05, 0.1) is 10.9 Å². The van der Waals surface area contributed by atoms with Gasteiger partial charge >= 0.3 is 0 Å². The molecule has 0 aliphatic heterocycles. The molecule has 0 fully saturated rings. The van der Waals surface area contributed by atoms with E-state index in [1.165, 1.54) is 5.56 Å². The smallest absolute Gasteiger partial charge is 0.200 e. The van der Waals surface area contributed by atoms with Crippen LogP contribution in [0.2, 0.25) is 0 Å². The van der Waals surface area contributed by atoms with Gasteiger partial charge in [0.2, 0.25) is 5.43 Å². The fourth-order valence-corrected chi connectivity index (χ4v) is 3.31. The minimum absolute atomic E-state index is 0.0352. The fourth-order valence-electron chi connectivity index (χ4n) is 3.04. The van der Waals surface area contributed by atoms with E-state index in [-0.39, 0.29) is 5.43 Å². The van der Waals surface area contributed by atoms with E-state index in [0.29, 0.717) is 28.2 Å². The van der Waals surface area contributed by atoms with Crippen LogP contribution < -0.4 is 5.43 Å². The van der Waals surface area contributed by atoms with E-state index in [4.69, 9.17) is 4.42 Å². The van der Waals surface area contributed by atoms with Gasteiger partial charge in [-0.2, -0.15) is 0 Å². The molecule has 3 heteroatoms. The molecule has 2 aromatic carbocycles. The second kappa shape index (κ2) is 5.97. The van der Waals surface area contributed by atoms with E-state index >= 15 is 0 Å². The summed E-state index contributed by atoms with van der Waals surface area (Å²) in [5, 5.41) is 0.655. The Labute approximate surface area is 144 Å². The lowest BCUT2D eigenvalue weighted by Crippen LogP contribution is -2.08. The van der Waals surface area contributed by atoms with Crippen LogP contribution >= 0.6 is 15.9 Å². The summed E-state index contributed by atoms with van der Waals surface area (Å²) in [5.41, 5.74) is 4.57. The lowest BCUT2D eigenvalue weighted by molar-refractivity contribution is 0.566. The maximum Gasteiger partial charge on any atom is 0.200 e. The van der Waals surface area contributed by atoms with E-state index in [0.717, 1.165) is 15.6 Å². The van der Waals surface area contributed by atoms with Gasteiger partial charge in [-0.05, 0) is 60.7 Å². The molecule has 3 aromatic rings. The van der Waals surface area contributed by atoms with Crippen LogP contribution in [0.25, 0.3) is 22.1 Å². The van der Waals surface area contributed by atoms with Crippen molar-refractivity contribution in [2.45, 2.75) is 33.6 Å². The summed E-state index contributed by atoms with van der Waals surface area (Å²) in [4.78, 5) is 13.0. The highest BCUT2D eigenvalue weighted by Crippen LogP contribution is 2.28. The normalized spacial score (nSPS) is 11.4. The SMILES string of the molecule is Cc1cc2oc(C)c(-c3ccc(Br)cc3)c(=O)c2cc1C(C)C. The summed E-state index contributed by atoms with van der Waals surface area (Å²) >= 11 is 3.43. The van der Waals surface area contributed by atoms with Crippen LogP contribution in [0.3, 0.4) is 0 Å². The Morgan fingerprint density at radius 1 is 1.04 bits per heavy atom. The van der Waals surface area contributed by atoms with Crippen molar-refractivity contribution in [3.63, 3.8) is 0 Å². The van der Waals surface area contributed by atoms with E-state index in [1.807, 2.05) is 43.3 Å². The standard InChI is InChI=1S/C20H19BrO2/c1-11(2)16-10-17-18(9-12(16)3)23-13(4)19(20(17)22)14-5-7-15(21)8-6-14/h5-11H,1-4H3. The highest BCUT2D eigenvalue weighted by molar-refractivity contribution is 9.10. The monoisotopic (exact) mass is 370 g/mol. The molecule has 0 N–H and O–H groups in total. The molecule has 0 unspecified atom stereocenters. The summed E-state index contributed by atoms with van der Waals surface area (Å²) in [6.45, 7) is 8.19. The quantitative estimate of drug-likeness (QED) is 0.556. The average molecular weight is 371 g/mol. The van der Waals surface area contributed by atoms with Crippen LogP contribution in [0.4, 0.5) is 0 Å². The van der Waals surface area contributed by atoms with Gasteiger partial charge in [0, 0.05) is 4.47 Å². The summed E-state index contributed by atoms with van der Waals surface area (Å²) < 4.78 is 6.95. The predicted molar refractivity (Wildman–Crippen MR) is 99.2 cm³/mol. The van der Waals surface area contributed by atoms with Gasteiger partial charge in [-0.25, -0.2) is 0 Å². The molecule has 0 radical (unpaired) electrons. The lowest BCUT2D eigenvalue weighted by atomic mass is 9.94. The predicted octanol–water partition coefficient (Wildman–Crippen LogP) is 5.96. The van der Waals surface area contributed by atoms with Crippen LogP contribution in [0, 0.1) is 13.8 Å². The summed E-state index contributed by atoms with van der Waals surface area (Å²) in [5.74, 6) is 1.03. The van der Waals surface area contributed by atoms with Crippen molar-refractivity contribution in [2.24, 2.45) is 0 Å². The second-order valence-corrected chi connectivity index (χ2v) is 7.14. The number of hydrogen-bond donors (Lipinski definition) is 0. The first-order chi connectivity index (χ1) is 10.9. The number of rotatable bonds is 2. The third kappa shape index (κ3) is 2.86. The van der Waals surface area contributed by atoms with Crippen LogP contribution in [0.1, 0.15) is 36.7 Å². The van der Waals surface area contributed by atoms with Crippen molar-refractivity contribution >= 4 is 26.9 Å². The zero-order valence-electron chi connectivity index (χ0n) is 13.7. The van der Waals surface area contributed by atoms with Crippen LogP contribution in [-0.2, 0) is 0 Å². The Kier molecular flexibility index (Phi) is 4.15. The molecule has 1 heterocycles. The van der Waals surface area contributed by atoms with Gasteiger partial charge in [-0.15, -0.1) is 0 Å². The van der Waals surface area contributed by atoms with E-state index < -0.39 is 0 Å². The molecule has 1 aromatic heterocycles. The Morgan fingerprint density at radius 3 is 2.30 bits per heavy atom. The highest BCUT2D eigenvalue weighted by Gasteiger charge is 2.15. The van der Waals surface area contributed by atoms with Crippen molar-refractivity contribution in [2.75, 3.05) is 0 Å². The Hall–Kier alpha value is -1.87. The number of benzene rings is 2. The van der Waals surface area contributed by atoms with Crippen molar-refractivity contribution in [3.05, 3.63) is 68.0 Å². The van der Waals surface area contributed by atoms with Gasteiger partial charge < -0.3 is 4.42 Å². The molecule has 2 nitrogen and oxygen atoms in total. The first kappa shape index (κ1) is 16.0. The molecule has 23 heavy (non-hydrogen) atoms. The third-order valence-corrected chi connectivity index (χ3v) is 4.74. The molecular formula is C20H19BrO2. The Morgan fingerprint density at radius 2 is 1.70 bits per heavy atom. The minimum atomic E-state index is 0.0352. The molecule has 118 valence electrons. The van der Waals surface area contributed by atoms with E-state index in [2.05, 4.69) is 36.7 Å². The second-order valence-electron chi connectivity index (χ2n) is 6.23. The number of fused-ring (bicyclic) bond motifs is 1. The zero-order valence-corrected chi connectivity index (χ0v) is 15.3. The molecule has 0 bridgehead atoms. The topological polar surface area (TPSA) is 30.2 Å². The third-order valence-electron chi connectivity index (χ3n) is 4.21. The summed E-state index contributed by atoms with van der Waals surface area (Å²) in [6.07, 6.45) is 0. The van der Waals surface area contributed by atoms with Crippen LogP contribution in [0.15, 0.2) is 50.1 Å². The first-order valence-corrected chi connectivity index (χ1v) is 8.51. The van der Waals surface area contributed by atoms with Crippen molar-refractivity contribution < 1.29 is 4.42 Å². The van der Waals surface area contributed by atoms with Crippen molar-refractivity contribution in [1.29, 1.82) is 0 Å². The van der Waals surface area contributed by atoms with Crippen molar-refractivity contribution in [3.8, 4) is 11.1 Å². The maximum atomic E-state index is 13.0. The Balaban J connectivity index is 2.34. The molecule has 0 saturated heterocycles. The molecule has 0 spiro atoms. The molecule has 0 aliphatic rings. The van der Waals surface area contributed by atoms with E-state index in [9.17, 15) is 4.79 Å². The average Bonchev–Trinajstić information content (AvgIpc) is 2.48.